The zero-order valence-electron chi connectivity index (χ0n) is 13.5. The van der Waals surface area contributed by atoms with E-state index in [9.17, 15) is 8.42 Å². The predicted octanol–water partition coefficient (Wildman–Crippen LogP) is 3.47. The average Bonchev–Trinajstić information content (AvgIpc) is 3.05. The molecule has 0 spiro atoms. The molecule has 0 saturated carbocycles. The standard InChI is InChI=1S/C19H15N3O2S/c1-25(23,24)16-9-7-14(8-10-16)17-11-12-19-20-13-18(22(19)21-17)15-5-3-2-4-6-15/h2-13H,1H3. The van der Waals surface area contributed by atoms with Crippen LogP contribution in [0.25, 0.3) is 28.2 Å². The van der Waals surface area contributed by atoms with Crippen LogP contribution in [0.1, 0.15) is 0 Å². The van der Waals surface area contributed by atoms with Crippen molar-refractivity contribution in [2.75, 3.05) is 6.26 Å². The second-order valence-electron chi connectivity index (χ2n) is 5.79. The predicted molar refractivity (Wildman–Crippen MR) is 97.0 cm³/mol. The van der Waals surface area contributed by atoms with E-state index in [-0.39, 0.29) is 0 Å². The second-order valence-corrected chi connectivity index (χ2v) is 7.81. The molecule has 0 aliphatic heterocycles. The van der Waals surface area contributed by atoms with Crippen LogP contribution in [0, 0.1) is 0 Å². The Labute approximate surface area is 145 Å². The summed E-state index contributed by atoms with van der Waals surface area (Å²) in [6.07, 6.45) is 3.00. The molecule has 0 amide bonds. The van der Waals surface area contributed by atoms with Gasteiger partial charge in [-0.2, -0.15) is 5.10 Å². The highest BCUT2D eigenvalue weighted by atomic mass is 32.2. The number of nitrogens with zero attached hydrogens (tertiary/aromatic N) is 3. The summed E-state index contributed by atoms with van der Waals surface area (Å²) in [7, 11) is -3.21. The van der Waals surface area contributed by atoms with E-state index >= 15 is 0 Å². The van der Waals surface area contributed by atoms with Crippen LogP contribution in [0.4, 0.5) is 0 Å². The van der Waals surface area contributed by atoms with Crippen LogP contribution in [0.3, 0.4) is 0 Å². The molecule has 0 aliphatic carbocycles. The van der Waals surface area contributed by atoms with Crippen molar-refractivity contribution in [2.24, 2.45) is 0 Å². The Bertz CT molecular complexity index is 1150. The Morgan fingerprint density at radius 3 is 2.24 bits per heavy atom. The minimum Gasteiger partial charge on any atom is -0.235 e. The smallest absolute Gasteiger partial charge is 0.175 e. The number of hydrogen-bond acceptors (Lipinski definition) is 4. The molecule has 0 N–H and O–H groups in total. The van der Waals surface area contributed by atoms with Crippen molar-refractivity contribution in [2.45, 2.75) is 4.90 Å². The van der Waals surface area contributed by atoms with E-state index in [4.69, 9.17) is 0 Å². The second kappa shape index (κ2) is 5.82. The third kappa shape index (κ3) is 2.92. The molecule has 6 heteroatoms. The van der Waals surface area contributed by atoms with Crippen molar-refractivity contribution < 1.29 is 8.42 Å². The van der Waals surface area contributed by atoms with Crippen LogP contribution in [0.15, 0.2) is 77.8 Å². The van der Waals surface area contributed by atoms with Gasteiger partial charge in [0.1, 0.15) is 0 Å². The number of hydrogen-bond donors (Lipinski definition) is 0. The molecular formula is C19H15N3O2S. The number of benzene rings is 2. The number of fused-ring (bicyclic) bond motifs is 1. The van der Waals surface area contributed by atoms with Crippen molar-refractivity contribution >= 4 is 15.5 Å². The van der Waals surface area contributed by atoms with E-state index in [1.165, 1.54) is 6.26 Å². The van der Waals surface area contributed by atoms with Gasteiger partial charge in [-0.15, -0.1) is 0 Å². The highest BCUT2D eigenvalue weighted by Crippen LogP contribution is 2.23. The summed E-state index contributed by atoms with van der Waals surface area (Å²) in [5.41, 5.74) is 4.30. The fourth-order valence-corrected chi connectivity index (χ4v) is 3.34. The summed E-state index contributed by atoms with van der Waals surface area (Å²) in [6, 6.07) is 20.5. The van der Waals surface area contributed by atoms with E-state index < -0.39 is 9.84 Å². The Balaban J connectivity index is 1.81. The van der Waals surface area contributed by atoms with Crippen molar-refractivity contribution in [3.63, 3.8) is 0 Å². The maximum absolute atomic E-state index is 11.6. The molecular weight excluding hydrogens is 334 g/mol. The molecule has 0 radical (unpaired) electrons. The third-order valence-electron chi connectivity index (χ3n) is 4.01. The topological polar surface area (TPSA) is 64.3 Å². The van der Waals surface area contributed by atoms with Gasteiger partial charge in [0.2, 0.25) is 0 Å². The minimum atomic E-state index is -3.21. The molecule has 0 saturated heterocycles. The fourth-order valence-electron chi connectivity index (χ4n) is 2.71. The molecule has 4 rings (SSSR count). The van der Waals surface area contributed by atoms with Gasteiger partial charge in [-0.05, 0) is 24.3 Å². The Hall–Kier alpha value is -2.99. The van der Waals surface area contributed by atoms with Crippen LogP contribution >= 0.6 is 0 Å². The summed E-state index contributed by atoms with van der Waals surface area (Å²) in [6.45, 7) is 0. The zero-order chi connectivity index (χ0) is 17.4. The van der Waals surface area contributed by atoms with Gasteiger partial charge >= 0.3 is 0 Å². The number of sulfone groups is 1. The van der Waals surface area contributed by atoms with Crippen LogP contribution in [0.2, 0.25) is 0 Å². The lowest BCUT2D eigenvalue weighted by Crippen LogP contribution is -1.98. The molecule has 2 aromatic carbocycles. The molecule has 0 bridgehead atoms. The van der Waals surface area contributed by atoms with Crippen LogP contribution in [0.5, 0.6) is 0 Å². The summed E-state index contributed by atoms with van der Waals surface area (Å²) in [5, 5.41) is 4.68. The van der Waals surface area contributed by atoms with Gasteiger partial charge in [-0.3, -0.25) is 0 Å². The first-order valence-corrected chi connectivity index (χ1v) is 9.62. The summed E-state index contributed by atoms with van der Waals surface area (Å²) in [5.74, 6) is 0. The normalized spacial score (nSPS) is 11.7. The van der Waals surface area contributed by atoms with Gasteiger partial charge in [-0.1, -0.05) is 42.5 Å². The van der Waals surface area contributed by atoms with E-state index in [0.29, 0.717) is 4.90 Å². The quantitative estimate of drug-likeness (QED) is 0.568. The lowest BCUT2D eigenvalue weighted by atomic mass is 10.1. The Morgan fingerprint density at radius 1 is 0.840 bits per heavy atom. The lowest BCUT2D eigenvalue weighted by Gasteiger charge is -2.05. The highest BCUT2D eigenvalue weighted by Gasteiger charge is 2.10. The molecule has 0 fully saturated rings. The van der Waals surface area contributed by atoms with E-state index in [1.807, 2.05) is 42.5 Å². The molecule has 5 nitrogen and oxygen atoms in total. The van der Waals surface area contributed by atoms with Crippen LogP contribution < -0.4 is 0 Å². The van der Waals surface area contributed by atoms with Gasteiger partial charge in [0, 0.05) is 17.4 Å². The van der Waals surface area contributed by atoms with Gasteiger partial charge in [0.05, 0.1) is 22.5 Å². The lowest BCUT2D eigenvalue weighted by molar-refractivity contribution is 0.602. The van der Waals surface area contributed by atoms with Crippen LogP contribution in [-0.2, 0) is 9.84 Å². The first kappa shape index (κ1) is 15.5. The SMILES string of the molecule is CS(=O)(=O)c1ccc(-c2ccc3ncc(-c4ccccc4)n3n2)cc1. The van der Waals surface area contributed by atoms with E-state index in [2.05, 4.69) is 10.1 Å². The van der Waals surface area contributed by atoms with Crippen molar-refractivity contribution in [3.8, 4) is 22.5 Å². The molecule has 4 aromatic rings. The van der Waals surface area contributed by atoms with Crippen molar-refractivity contribution in [1.82, 2.24) is 14.6 Å². The number of aromatic nitrogens is 3. The molecule has 0 aliphatic rings. The van der Waals surface area contributed by atoms with Gasteiger partial charge in [0.25, 0.3) is 0 Å². The molecule has 25 heavy (non-hydrogen) atoms. The molecule has 0 atom stereocenters. The maximum Gasteiger partial charge on any atom is 0.175 e. The van der Waals surface area contributed by atoms with Gasteiger partial charge in [0.15, 0.2) is 15.5 Å². The van der Waals surface area contributed by atoms with E-state index in [1.54, 1.807) is 35.0 Å². The summed E-state index contributed by atoms with van der Waals surface area (Å²) < 4.78 is 25.0. The summed E-state index contributed by atoms with van der Waals surface area (Å²) in [4.78, 5) is 4.69. The van der Waals surface area contributed by atoms with Crippen LogP contribution in [-0.4, -0.2) is 29.3 Å². The summed E-state index contributed by atoms with van der Waals surface area (Å²) >= 11 is 0. The largest absolute Gasteiger partial charge is 0.235 e. The molecule has 0 unspecified atom stereocenters. The highest BCUT2D eigenvalue weighted by molar-refractivity contribution is 7.90. The number of imidazole rings is 1. The average molecular weight is 349 g/mol. The first-order valence-electron chi connectivity index (χ1n) is 7.73. The third-order valence-corrected chi connectivity index (χ3v) is 5.14. The monoisotopic (exact) mass is 349 g/mol. The fraction of sp³-hybridized carbons (Fsp3) is 0.0526. The molecule has 2 aromatic heterocycles. The Morgan fingerprint density at radius 2 is 1.56 bits per heavy atom. The van der Waals surface area contributed by atoms with Gasteiger partial charge in [-0.25, -0.2) is 17.9 Å². The van der Waals surface area contributed by atoms with Crippen molar-refractivity contribution in [1.29, 1.82) is 0 Å². The number of rotatable bonds is 3. The van der Waals surface area contributed by atoms with E-state index in [0.717, 1.165) is 28.2 Å². The Kier molecular flexibility index (Phi) is 3.62. The maximum atomic E-state index is 11.6. The van der Waals surface area contributed by atoms with Gasteiger partial charge < -0.3 is 0 Å². The molecule has 2 heterocycles. The zero-order valence-corrected chi connectivity index (χ0v) is 14.3. The molecule has 124 valence electrons. The van der Waals surface area contributed by atoms with Crippen molar-refractivity contribution in [3.05, 3.63) is 72.9 Å². The first-order chi connectivity index (χ1) is 12.0. The minimum absolute atomic E-state index is 0.296.